The van der Waals surface area contributed by atoms with Gasteiger partial charge < -0.3 is 25.0 Å². The zero-order valence-electron chi connectivity index (χ0n) is 17.4. The summed E-state index contributed by atoms with van der Waals surface area (Å²) < 4.78 is 11.1. The first kappa shape index (κ1) is 20.0. The number of carbonyl (C=O) groups excluding carboxylic acids is 1. The van der Waals surface area contributed by atoms with Gasteiger partial charge in [0.05, 0.1) is 6.10 Å². The van der Waals surface area contributed by atoms with Gasteiger partial charge in [-0.1, -0.05) is 12.8 Å². The molecule has 3 atom stereocenters. The second kappa shape index (κ2) is 8.57. The fourth-order valence-corrected chi connectivity index (χ4v) is 6.02. The van der Waals surface area contributed by atoms with E-state index in [0.717, 1.165) is 45.0 Å². The number of piperidine rings is 1. The van der Waals surface area contributed by atoms with Crippen molar-refractivity contribution in [2.24, 2.45) is 16.3 Å². The van der Waals surface area contributed by atoms with Gasteiger partial charge in [-0.25, -0.2) is 0 Å². The van der Waals surface area contributed by atoms with Crippen LogP contribution >= 0.6 is 0 Å². The van der Waals surface area contributed by atoms with Gasteiger partial charge in [-0.05, 0) is 39.0 Å². The largest absolute Gasteiger partial charge is 0.377 e. The predicted octanol–water partition coefficient (Wildman–Crippen LogP) is 1.53. The van der Waals surface area contributed by atoms with Gasteiger partial charge in [-0.3, -0.25) is 9.79 Å². The molecule has 0 bridgehead atoms. The summed E-state index contributed by atoms with van der Waals surface area (Å²) in [5.74, 6) is 1.67. The number of aliphatic imine (C=N–C) groups is 1. The maximum Gasteiger partial charge on any atom is 0.248 e. The zero-order chi connectivity index (χ0) is 19.6. The highest BCUT2D eigenvalue weighted by Gasteiger charge is 2.65. The van der Waals surface area contributed by atoms with E-state index >= 15 is 0 Å². The Kier molecular flexibility index (Phi) is 6.11. The summed E-state index contributed by atoms with van der Waals surface area (Å²) in [5.41, 5.74) is 0.327. The van der Waals surface area contributed by atoms with Crippen LogP contribution in [0.5, 0.6) is 0 Å². The number of guanidine groups is 1. The SMILES string of the molecule is CCN=C(NC1CCN(C(=O)COC)CC1)NC1C2CCOC2C12CCCC2. The molecule has 0 aromatic rings. The van der Waals surface area contributed by atoms with E-state index in [1.807, 2.05) is 4.90 Å². The number of nitrogens with zero attached hydrogens (tertiary/aromatic N) is 2. The molecule has 0 radical (unpaired) electrons. The van der Waals surface area contributed by atoms with Crippen LogP contribution in [0.2, 0.25) is 0 Å². The minimum Gasteiger partial charge on any atom is -0.377 e. The molecule has 1 amide bonds. The van der Waals surface area contributed by atoms with Crippen LogP contribution in [0.15, 0.2) is 4.99 Å². The molecule has 2 aliphatic carbocycles. The molecule has 28 heavy (non-hydrogen) atoms. The van der Waals surface area contributed by atoms with Gasteiger partial charge in [-0.2, -0.15) is 0 Å². The molecule has 2 N–H and O–H groups in total. The number of hydrogen-bond acceptors (Lipinski definition) is 4. The lowest BCUT2D eigenvalue weighted by Gasteiger charge is -2.57. The van der Waals surface area contributed by atoms with Gasteiger partial charge in [-0.15, -0.1) is 0 Å². The Morgan fingerprint density at radius 1 is 1.21 bits per heavy atom. The fourth-order valence-electron chi connectivity index (χ4n) is 6.02. The number of methoxy groups -OCH3 is 1. The van der Waals surface area contributed by atoms with Gasteiger partial charge in [0, 0.05) is 56.8 Å². The molecule has 4 fully saturated rings. The number of rotatable bonds is 5. The van der Waals surface area contributed by atoms with Crippen molar-refractivity contribution >= 4 is 11.9 Å². The van der Waals surface area contributed by atoms with Gasteiger partial charge in [0.2, 0.25) is 5.91 Å². The Labute approximate surface area is 168 Å². The Morgan fingerprint density at radius 3 is 2.64 bits per heavy atom. The highest BCUT2D eigenvalue weighted by molar-refractivity contribution is 5.81. The van der Waals surface area contributed by atoms with E-state index in [1.165, 1.54) is 32.1 Å². The smallest absolute Gasteiger partial charge is 0.248 e. The Balaban J connectivity index is 1.34. The lowest BCUT2D eigenvalue weighted by molar-refractivity contribution is -0.136. The quantitative estimate of drug-likeness (QED) is 0.548. The number of likely N-dealkylation sites (tertiary alicyclic amines) is 1. The summed E-state index contributed by atoms with van der Waals surface area (Å²) in [6.45, 7) is 5.51. The number of hydrogen-bond donors (Lipinski definition) is 2. The first-order valence-electron chi connectivity index (χ1n) is 11.1. The van der Waals surface area contributed by atoms with Crippen LogP contribution < -0.4 is 10.6 Å². The molecule has 3 unspecified atom stereocenters. The van der Waals surface area contributed by atoms with Crippen molar-refractivity contribution in [2.75, 3.05) is 40.0 Å². The van der Waals surface area contributed by atoms with Crippen molar-refractivity contribution in [2.45, 2.75) is 70.1 Å². The molecule has 7 heteroatoms. The van der Waals surface area contributed by atoms with Gasteiger partial charge >= 0.3 is 0 Å². The molecule has 4 rings (SSSR count). The molecule has 2 saturated carbocycles. The van der Waals surface area contributed by atoms with E-state index in [-0.39, 0.29) is 12.5 Å². The lowest BCUT2D eigenvalue weighted by atomic mass is 9.54. The lowest BCUT2D eigenvalue weighted by Crippen LogP contribution is -2.69. The van der Waals surface area contributed by atoms with Crippen molar-refractivity contribution < 1.29 is 14.3 Å². The van der Waals surface area contributed by atoms with E-state index in [4.69, 9.17) is 14.5 Å². The van der Waals surface area contributed by atoms with E-state index in [9.17, 15) is 4.79 Å². The summed E-state index contributed by atoms with van der Waals surface area (Å²) in [6.07, 6.45) is 8.75. The molecule has 158 valence electrons. The van der Waals surface area contributed by atoms with Gasteiger partial charge in [0.25, 0.3) is 0 Å². The summed E-state index contributed by atoms with van der Waals surface area (Å²) >= 11 is 0. The number of carbonyl (C=O) groups is 1. The van der Waals surface area contributed by atoms with Crippen LogP contribution in [-0.2, 0) is 14.3 Å². The van der Waals surface area contributed by atoms with E-state index < -0.39 is 0 Å². The molecule has 1 spiro atoms. The summed E-state index contributed by atoms with van der Waals surface area (Å²) in [4.78, 5) is 18.7. The maximum atomic E-state index is 12.0. The van der Waals surface area contributed by atoms with Crippen LogP contribution in [0.25, 0.3) is 0 Å². The van der Waals surface area contributed by atoms with Gasteiger partial charge in [0.15, 0.2) is 5.96 Å². The Bertz CT molecular complexity index is 582. The third-order valence-corrected chi connectivity index (χ3v) is 7.35. The average molecular weight is 393 g/mol. The van der Waals surface area contributed by atoms with Gasteiger partial charge in [0.1, 0.15) is 6.61 Å². The summed E-state index contributed by atoms with van der Waals surface area (Å²) in [6, 6.07) is 0.850. The van der Waals surface area contributed by atoms with E-state index in [0.29, 0.717) is 29.5 Å². The highest BCUT2D eigenvalue weighted by Crippen LogP contribution is 2.60. The topological polar surface area (TPSA) is 75.2 Å². The minimum atomic E-state index is 0.0893. The fraction of sp³-hybridized carbons (Fsp3) is 0.905. The zero-order valence-corrected chi connectivity index (χ0v) is 17.4. The van der Waals surface area contributed by atoms with Crippen molar-refractivity contribution in [3.8, 4) is 0 Å². The number of fused-ring (bicyclic) bond motifs is 2. The van der Waals surface area contributed by atoms with Crippen molar-refractivity contribution in [1.82, 2.24) is 15.5 Å². The average Bonchev–Trinajstić information content (AvgIpc) is 3.36. The molecule has 0 aromatic heterocycles. The van der Waals surface area contributed by atoms with Crippen LogP contribution in [0.3, 0.4) is 0 Å². The Hall–Kier alpha value is -1.34. The molecule has 2 heterocycles. The standard InChI is InChI=1S/C21H36N4O3/c1-3-22-20(23-15-6-11-25(12-7-15)17(26)14-27-2)24-18-16-8-13-28-19(16)21(18)9-4-5-10-21/h15-16,18-19H,3-14H2,1-2H3,(H2,22,23,24). The first-order chi connectivity index (χ1) is 13.7. The summed E-state index contributed by atoms with van der Waals surface area (Å²) in [7, 11) is 1.57. The second-order valence-corrected chi connectivity index (χ2v) is 8.86. The molecule has 2 saturated heterocycles. The van der Waals surface area contributed by atoms with Crippen molar-refractivity contribution in [1.29, 1.82) is 0 Å². The van der Waals surface area contributed by atoms with E-state index in [2.05, 4.69) is 17.6 Å². The number of ether oxygens (including phenoxy) is 2. The maximum absolute atomic E-state index is 12.0. The van der Waals surface area contributed by atoms with Crippen molar-refractivity contribution in [3.05, 3.63) is 0 Å². The normalized spacial score (nSPS) is 32.3. The van der Waals surface area contributed by atoms with Crippen LogP contribution in [0.4, 0.5) is 0 Å². The molecule has 7 nitrogen and oxygen atoms in total. The minimum absolute atomic E-state index is 0.0893. The summed E-state index contributed by atoms with van der Waals surface area (Å²) in [5, 5.41) is 7.48. The van der Waals surface area contributed by atoms with Crippen LogP contribution in [0, 0.1) is 11.3 Å². The highest BCUT2D eigenvalue weighted by atomic mass is 16.5. The molecular weight excluding hydrogens is 356 g/mol. The molecular formula is C21H36N4O3. The third-order valence-electron chi connectivity index (χ3n) is 7.35. The van der Waals surface area contributed by atoms with Crippen LogP contribution in [0.1, 0.15) is 51.9 Å². The van der Waals surface area contributed by atoms with Crippen LogP contribution in [-0.4, -0.2) is 74.9 Å². The molecule has 4 aliphatic rings. The third kappa shape index (κ3) is 3.63. The van der Waals surface area contributed by atoms with E-state index in [1.54, 1.807) is 7.11 Å². The number of nitrogens with one attached hydrogen (secondary N) is 2. The predicted molar refractivity (Wildman–Crippen MR) is 108 cm³/mol. The number of amides is 1. The molecule has 2 aliphatic heterocycles. The molecule has 0 aromatic carbocycles. The van der Waals surface area contributed by atoms with Crippen molar-refractivity contribution in [3.63, 3.8) is 0 Å². The first-order valence-corrected chi connectivity index (χ1v) is 11.1. The monoisotopic (exact) mass is 392 g/mol. The second-order valence-electron chi connectivity index (χ2n) is 8.86. The Morgan fingerprint density at radius 2 is 1.96 bits per heavy atom.